The van der Waals surface area contributed by atoms with Gasteiger partial charge >= 0.3 is 11.7 Å². The quantitative estimate of drug-likeness (QED) is 0.687. The third-order valence-corrected chi connectivity index (χ3v) is 2.77. The summed E-state index contributed by atoms with van der Waals surface area (Å²) < 4.78 is 18.5. The van der Waals surface area contributed by atoms with Gasteiger partial charge in [-0.3, -0.25) is 10.1 Å². The molecule has 0 aliphatic rings. The number of hydrogen-bond donors (Lipinski definition) is 1. The van der Waals surface area contributed by atoms with E-state index in [0.29, 0.717) is 0 Å². The molecule has 6 nitrogen and oxygen atoms in total. The zero-order valence-corrected chi connectivity index (χ0v) is 10.9. The van der Waals surface area contributed by atoms with Gasteiger partial charge in [-0.05, 0) is 36.8 Å². The number of para-hydroxylation sites is 1. The fourth-order valence-corrected chi connectivity index (χ4v) is 1.74. The van der Waals surface area contributed by atoms with Crippen molar-refractivity contribution in [3.05, 3.63) is 63.5 Å². The molecule has 0 fully saturated rings. The molecule has 1 N–H and O–H groups in total. The molecule has 0 heterocycles. The first kappa shape index (κ1) is 14.4. The first-order chi connectivity index (χ1) is 9.90. The number of benzene rings is 2. The van der Waals surface area contributed by atoms with E-state index in [4.69, 9.17) is 9.84 Å². The van der Waals surface area contributed by atoms with Crippen molar-refractivity contribution >= 4 is 11.7 Å². The highest BCUT2D eigenvalue weighted by atomic mass is 19.1. The van der Waals surface area contributed by atoms with Crippen molar-refractivity contribution in [1.82, 2.24) is 0 Å². The number of halogens is 1. The van der Waals surface area contributed by atoms with Gasteiger partial charge in [0.25, 0.3) is 0 Å². The number of hydrogen-bond acceptors (Lipinski definition) is 4. The lowest BCUT2D eigenvalue weighted by Crippen LogP contribution is -2.03. The molecule has 0 aliphatic carbocycles. The highest BCUT2D eigenvalue weighted by Crippen LogP contribution is 2.35. The number of carboxylic acid groups (broad SMARTS) is 1. The summed E-state index contributed by atoms with van der Waals surface area (Å²) in [6.07, 6.45) is 0. The number of nitro benzene ring substituents is 1. The summed E-state index contributed by atoms with van der Waals surface area (Å²) >= 11 is 0. The summed E-state index contributed by atoms with van der Waals surface area (Å²) in [5.74, 6) is -2.08. The number of carbonyl (C=O) groups is 1. The van der Waals surface area contributed by atoms with Crippen molar-refractivity contribution in [2.75, 3.05) is 0 Å². The largest absolute Gasteiger partial charge is 0.478 e. The molecule has 108 valence electrons. The summed E-state index contributed by atoms with van der Waals surface area (Å²) in [7, 11) is 0. The summed E-state index contributed by atoms with van der Waals surface area (Å²) in [5, 5.41) is 20.1. The second-order valence-electron chi connectivity index (χ2n) is 4.23. The number of ether oxygens (including phenoxy) is 1. The van der Waals surface area contributed by atoms with Crippen molar-refractivity contribution in [2.24, 2.45) is 0 Å². The van der Waals surface area contributed by atoms with Gasteiger partial charge in [0.2, 0.25) is 5.75 Å². The van der Waals surface area contributed by atoms with Gasteiger partial charge < -0.3 is 9.84 Å². The number of nitrogens with zero attached hydrogens (tertiary/aromatic N) is 1. The van der Waals surface area contributed by atoms with Crippen LogP contribution in [0.15, 0.2) is 36.4 Å². The summed E-state index contributed by atoms with van der Waals surface area (Å²) in [6, 6.07) is 7.33. The van der Waals surface area contributed by atoms with Gasteiger partial charge in [0.05, 0.1) is 4.92 Å². The molecule has 0 spiro atoms. The molecule has 2 aromatic rings. The van der Waals surface area contributed by atoms with Gasteiger partial charge in [-0.1, -0.05) is 6.07 Å². The molecular weight excluding hydrogens is 281 g/mol. The SMILES string of the molecule is Cc1cc(Oc2c(C(=O)O)cccc2[N+](=O)[O-])ccc1F. The maximum atomic E-state index is 13.2. The van der Waals surface area contributed by atoms with Crippen molar-refractivity contribution in [2.45, 2.75) is 6.92 Å². The molecule has 21 heavy (non-hydrogen) atoms. The summed E-state index contributed by atoms with van der Waals surface area (Å²) in [5.41, 5.74) is -0.536. The predicted molar refractivity (Wildman–Crippen MR) is 71.3 cm³/mol. The molecule has 0 bridgehead atoms. The fourth-order valence-electron chi connectivity index (χ4n) is 1.74. The van der Waals surface area contributed by atoms with Crippen LogP contribution in [0.5, 0.6) is 11.5 Å². The van der Waals surface area contributed by atoms with Gasteiger partial charge in [0.1, 0.15) is 17.1 Å². The van der Waals surface area contributed by atoms with Crippen molar-refractivity contribution in [3.8, 4) is 11.5 Å². The first-order valence-corrected chi connectivity index (χ1v) is 5.85. The number of aryl methyl sites for hydroxylation is 1. The normalized spacial score (nSPS) is 10.2. The van der Waals surface area contributed by atoms with E-state index in [1.807, 2.05) is 0 Å². The van der Waals surface area contributed by atoms with Crippen molar-refractivity contribution < 1.29 is 24.0 Å². The smallest absolute Gasteiger partial charge is 0.339 e. The average Bonchev–Trinajstić information content (AvgIpc) is 2.42. The molecule has 0 saturated heterocycles. The van der Waals surface area contributed by atoms with Gasteiger partial charge in [0, 0.05) is 6.07 Å². The molecule has 2 aromatic carbocycles. The highest BCUT2D eigenvalue weighted by molar-refractivity contribution is 5.92. The lowest BCUT2D eigenvalue weighted by molar-refractivity contribution is -0.385. The monoisotopic (exact) mass is 291 g/mol. The molecular formula is C14H10FNO5. The number of carboxylic acids is 1. The Morgan fingerprint density at radius 1 is 1.33 bits per heavy atom. The van der Waals surface area contributed by atoms with E-state index in [9.17, 15) is 19.3 Å². The average molecular weight is 291 g/mol. The Kier molecular flexibility index (Phi) is 3.84. The second kappa shape index (κ2) is 5.58. The topological polar surface area (TPSA) is 89.7 Å². The van der Waals surface area contributed by atoms with Crippen LogP contribution in [0.25, 0.3) is 0 Å². The van der Waals surface area contributed by atoms with E-state index in [1.165, 1.54) is 31.2 Å². The first-order valence-electron chi connectivity index (χ1n) is 5.85. The molecule has 2 rings (SSSR count). The lowest BCUT2D eigenvalue weighted by Gasteiger charge is -2.09. The van der Waals surface area contributed by atoms with Gasteiger partial charge in [0.15, 0.2) is 0 Å². The Bertz CT molecular complexity index is 697. The summed E-state index contributed by atoms with van der Waals surface area (Å²) in [6.45, 7) is 1.50. The number of nitro groups is 1. The van der Waals surface area contributed by atoms with E-state index in [-0.39, 0.29) is 22.6 Å². The van der Waals surface area contributed by atoms with Crippen LogP contribution in [0, 0.1) is 22.9 Å². The maximum Gasteiger partial charge on any atom is 0.339 e. The molecule has 0 amide bonds. The van der Waals surface area contributed by atoms with Crippen LogP contribution >= 0.6 is 0 Å². The Balaban J connectivity index is 2.53. The van der Waals surface area contributed by atoms with Crippen LogP contribution in [-0.2, 0) is 0 Å². The number of aromatic carboxylic acids is 1. The Labute approximate surface area is 118 Å². The van der Waals surface area contributed by atoms with Crippen molar-refractivity contribution in [1.29, 1.82) is 0 Å². The van der Waals surface area contributed by atoms with E-state index in [2.05, 4.69) is 0 Å². The van der Waals surface area contributed by atoms with E-state index < -0.39 is 22.4 Å². The highest BCUT2D eigenvalue weighted by Gasteiger charge is 2.23. The maximum absolute atomic E-state index is 13.2. The molecule has 0 radical (unpaired) electrons. The molecule has 0 unspecified atom stereocenters. The van der Waals surface area contributed by atoms with E-state index >= 15 is 0 Å². The van der Waals surface area contributed by atoms with Crippen LogP contribution < -0.4 is 4.74 Å². The Morgan fingerprint density at radius 2 is 2.05 bits per heavy atom. The standard InChI is InChI=1S/C14H10FNO5/c1-8-7-9(5-6-11(8)15)21-13-10(14(17)18)3-2-4-12(13)16(19)20/h2-7H,1H3,(H,17,18). The molecule has 0 aliphatic heterocycles. The minimum atomic E-state index is -1.35. The van der Waals surface area contributed by atoms with Crippen LogP contribution in [0.1, 0.15) is 15.9 Å². The van der Waals surface area contributed by atoms with Crippen molar-refractivity contribution in [3.63, 3.8) is 0 Å². The van der Waals surface area contributed by atoms with Crippen LogP contribution in [-0.4, -0.2) is 16.0 Å². The Hall–Kier alpha value is -2.96. The molecule has 0 atom stereocenters. The fraction of sp³-hybridized carbons (Fsp3) is 0.0714. The molecule has 0 aromatic heterocycles. The second-order valence-corrected chi connectivity index (χ2v) is 4.23. The minimum absolute atomic E-state index is 0.116. The predicted octanol–water partition coefficient (Wildman–Crippen LogP) is 3.53. The number of rotatable bonds is 4. The molecule has 7 heteroatoms. The zero-order chi connectivity index (χ0) is 15.6. The third kappa shape index (κ3) is 2.97. The molecule has 0 saturated carbocycles. The Morgan fingerprint density at radius 3 is 2.62 bits per heavy atom. The zero-order valence-electron chi connectivity index (χ0n) is 10.9. The van der Waals surface area contributed by atoms with Crippen LogP contribution in [0.2, 0.25) is 0 Å². The summed E-state index contributed by atoms with van der Waals surface area (Å²) in [4.78, 5) is 21.4. The van der Waals surface area contributed by atoms with Gasteiger partial charge in [-0.15, -0.1) is 0 Å². The van der Waals surface area contributed by atoms with Gasteiger partial charge in [-0.2, -0.15) is 0 Å². The lowest BCUT2D eigenvalue weighted by atomic mass is 10.1. The van der Waals surface area contributed by atoms with E-state index in [0.717, 1.165) is 12.1 Å². The third-order valence-electron chi connectivity index (χ3n) is 2.77. The van der Waals surface area contributed by atoms with Crippen LogP contribution in [0.3, 0.4) is 0 Å². The van der Waals surface area contributed by atoms with Gasteiger partial charge in [-0.25, -0.2) is 9.18 Å². The minimum Gasteiger partial charge on any atom is -0.478 e. The van der Waals surface area contributed by atoms with Crippen LogP contribution in [0.4, 0.5) is 10.1 Å². The van der Waals surface area contributed by atoms with E-state index in [1.54, 1.807) is 0 Å².